The predicted molar refractivity (Wildman–Crippen MR) is 47.7 cm³/mol. The molecule has 0 radical (unpaired) electrons. The first-order valence-corrected chi connectivity index (χ1v) is 5.85. The van der Waals surface area contributed by atoms with Gasteiger partial charge in [-0.3, -0.25) is 9.59 Å². The van der Waals surface area contributed by atoms with Crippen LogP contribution in [0.5, 0.6) is 0 Å². The average Bonchev–Trinajstić information content (AvgIpc) is 2.27. The van der Waals surface area contributed by atoms with Crippen LogP contribution >= 0.6 is 15.9 Å². The van der Waals surface area contributed by atoms with Crippen LogP contribution in [0.1, 0.15) is 0 Å². The molecule has 0 aromatic heterocycles. The third kappa shape index (κ3) is 0.270. The summed E-state index contributed by atoms with van der Waals surface area (Å²) in [6.45, 7) is 0. The van der Waals surface area contributed by atoms with E-state index in [1.165, 1.54) is 0 Å². The smallest absolute Gasteiger partial charge is 0.310 e. The normalized spacial score (nSPS) is 78.2. The van der Waals surface area contributed by atoms with Crippen molar-refractivity contribution in [3.05, 3.63) is 0 Å². The Labute approximate surface area is 88.0 Å². The predicted octanol–water partition coefficient (Wildman–Crippen LogP) is 0.525. The van der Waals surface area contributed by atoms with E-state index in [0.717, 1.165) is 0 Å². The lowest BCUT2D eigenvalue weighted by molar-refractivity contribution is -0.420. The summed E-state index contributed by atoms with van der Waals surface area (Å²) in [5.74, 6) is 1.32. The monoisotopic (exact) mass is 254 g/mol. The molecule has 0 aromatic carbocycles. The van der Waals surface area contributed by atoms with Crippen molar-refractivity contribution in [3.63, 3.8) is 0 Å². The fraction of sp³-hybridized carbons (Fsp3) is 0.800. The van der Waals surface area contributed by atoms with E-state index in [1.807, 2.05) is 0 Å². The van der Waals surface area contributed by atoms with Crippen molar-refractivity contribution in [1.82, 2.24) is 0 Å². The minimum atomic E-state index is -0.634. The Bertz CT molecular complexity index is 436. The van der Waals surface area contributed by atoms with E-state index in [1.54, 1.807) is 0 Å². The van der Waals surface area contributed by atoms with E-state index in [2.05, 4.69) is 15.9 Å². The van der Waals surface area contributed by atoms with Crippen molar-refractivity contribution in [3.8, 4) is 0 Å². The van der Waals surface area contributed by atoms with Crippen LogP contribution in [0.25, 0.3) is 0 Å². The van der Waals surface area contributed by atoms with Crippen molar-refractivity contribution >= 4 is 27.7 Å². The van der Waals surface area contributed by atoms with Crippen LogP contribution in [0.4, 0.5) is 0 Å². The topological polar surface area (TPSA) is 54.4 Å². The quantitative estimate of drug-likeness (QED) is 0.695. The number of hydrogen-bond donors (Lipinski definition) is 1. The van der Waals surface area contributed by atoms with E-state index in [-0.39, 0.29) is 22.1 Å². The van der Waals surface area contributed by atoms with Crippen LogP contribution in [0.15, 0.2) is 0 Å². The molecule has 6 aliphatic rings. The zero-order valence-corrected chi connectivity index (χ0v) is 8.69. The lowest BCUT2D eigenvalue weighted by atomic mass is 9.13. The highest BCUT2D eigenvalue weighted by Crippen LogP contribution is 3.01. The summed E-state index contributed by atoms with van der Waals surface area (Å²) < 4.78 is -0.255. The summed E-state index contributed by atoms with van der Waals surface area (Å²) in [5, 5.41) is 9.23. The highest BCUT2D eigenvalue weighted by atomic mass is 79.9. The number of carbonyl (C=O) groups is 2. The van der Waals surface area contributed by atoms with Gasteiger partial charge >= 0.3 is 5.97 Å². The number of ketones is 1. The third-order valence-corrected chi connectivity index (χ3v) is 7.45. The van der Waals surface area contributed by atoms with Gasteiger partial charge in [0.25, 0.3) is 0 Å². The van der Waals surface area contributed by atoms with Gasteiger partial charge in [0.1, 0.15) is 0 Å². The molecule has 0 amide bonds. The van der Waals surface area contributed by atoms with Gasteiger partial charge in [-0.15, -0.1) is 0 Å². The maximum Gasteiger partial charge on any atom is 0.310 e. The van der Waals surface area contributed by atoms with Gasteiger partial charge in [0.2, 0.25) is 0 Å². The summed E-state index contributed by atoms with van der Waals surface area (Å²) in [6.07, 6.45) is 0. The minimum Gasteiger partial charge on any atom is -0.481 e. The molecule has 6 rings (SSSR count). The molecular weight excluding hydrogens is 248 g/mol. The molecule has 0 aromatic rings. The Kier molecular flexibility index (Phi) is 0.670. The fourth-order valence-corrected chi connectivity index (χ4v) is 7.32. The van der Waals surface area contributed by atoms with Crippen molar-refractivity contribution in [1.29, 1.82) is 0 Å². The molecule has 4 heteroatoms. The van der Waals surface area contributed by atoms with Crippen LogP contribution in [-0.2, 0) is 9.59 Å². The summed E-state index contributed by atoms with van der Waals surface area (Å²) >= 11 is 3.59. The van der Waals surface area contributed by atoms with Gasteiger partial charge in [-0.2, -0.15) is 0 Å². The lowest BCUT2D eigenvalue weighted by Gasteiger charge is -2.89. The second-order valence-corrected chi connectivity index (χ2v) is 6.84. The van der Waals surface area contributed by atoms with Crippen molar-refractivity contribution in [2.45, 2.75) is 4.32 Å². The number of rotatable bonds is 1. The van der Waals surface area contributed by atoms with E-state index in [0.29, 0.717) is 23.5 Å². The summed E-state index contributed by atoms with van der Waals surface area (Å²) in [5.41, 5.74) is -0.427. The van der Waals surface area contributed by atoms with Gasteiger partial charge in [-0.1, -0.05) is 15.9 Å². The summed E-state index contributed by atoms with van der Waals surface area (Å²) in [4.78, 5) is 23.1. The number of hydrogen-bond acceptors (Lipinski definition) is 2. The first-order valence-electron chi connectivity index (χ1n) is 5.05. The first kappa shape index (κ1) is 6.99. The number of Topliss-reactive ketones (excluding diaryl/α,β-unsaturated/α-hetero) is 1. The molecule has 4 unspecified atom stereocenters. The van der Waals surface area contributed by atoms with Crippen LogP contribution in [0.3, 0.4) is 0 Å². The molecular formula is C10H7BrO3. The average molecular weight is 255 g/mol. The van der Waals surface area contributed by atoms with Crippen LogP contribution in [0.2, 0.25) is 0 Å². The van der Waals surface area contributed by atoms with Crippen molar-refractivity contribution in [2.75, 3.05) is 0 Å². The van der Waals surface area contributed by atoms with Gasteiger partial charge in [-0.05, 0) is 29.6 Å². The number of halogens is 1. The standard InChI is InChI=1S/C10H7BrO3/c11-10-5-2-1(7(10)12)3-6(10)4(5)9(2,3)8(13)14/h1-6H,(H,13,14)/t1?,2-,3+,4?,5-,6-,9?,10?/m1/s1. The number of carbonyl (C=O) groups excluding carboxylic acids is 1. The number of carboxylic acids is 1. The second-order valence-electron chi connectivity index (χ2n) is 5.53. The molecule has 0 spiro atoms. The number of carboxylic acid groups (broad SMARTS) is 1. The molecule has 6 fully saturated rings. The van der Waals surface area contributed by atoms with Crippen molar-refractivity contribution in [2.24, 2.45) is 40.9 Å². The highest BCUT2D eigenvalue weighted by Gasteiger charge is 3.07. The lowest BCUT2D eigenvalue weighted by Crippen LogP contribution is -2.93. The summed E-state index contributed by atoms with van der Waals surface area (Å²) in [7, 11) is 0. The molecule has 72 valence electrons. The Morgan fingerprint density at radius 2 is 1.79 bits per heavy atom. The Morgan fingerprint density at radius 3 is 2.21 bits per heavy atom. The molecule has 0 heterocycles. The third-order valence-electron chi connectivity index (χ3n) is 6.00. The molecule has 1 N–H and O–H groups in total. The van der Waals surface area contributed by atoms with E-state index in [9.17, 15) is 14.7 Å². The molecule has 2 bridgehead atoms. The number of alkyl halides is 1. The van der Waals surface area contributed by atoms with Gasteiger partial charge in [0.05, 0.1) is 9.74 Å². The van der Waals surface area contributed by atoms with Gasteiger partial charge in [0.15, 0.2) is 5.78 Å². The Morgan fingerprint density at radius 1 is 1.21 bits per heavy atom. The molecule has 0 saturated heterocycles. The SMILES string of the molecule is O=C1C2[C@@H]3[C@@H]4C5[C@@H]([C@H]2C53C(=O)O)C14Br. The van der Waals surface area contributed by atoms with E-state index < -0.39 is 11.4 Å². The maximum absolute atomic E-state index is 11.9. The molecule has 0 aliphatic heterocycles. The molecule has 8 atom stereocenters. The Balaban J connectivity index is 1.79. The maximum atomic E-state index is 11.9. The van der Waals surface area contributed by atoms with Gasteiger partial charge in [0, 0.05) is 5.92 Å². The molecule has 3 nitrogen and oxygen atoms in total. The zero-order chi connectivity index (χ0) is 9.62. The fourth-order valence-electron chi connectivity index (χ4n) is 5.92. The highest BCUT2D eigenvalue weighted by molar-refractivity contribution is 9.10. The van der Waals surface area contributed by atoms with E-state index >= 15 is 0 Å². The van der Waals surface area contributed by atoms with E-state index in [4.69, 9.17) is 0 Å². The largest absolute Gasteiger partial charge is 0.481 e. The number of aliphatic carboxylic acids is 1. The first-order chi connectivity index (χ1) is 6.59. The summed E-state index contributed by atoms with van der Waals surface area (Å²) in [6, 6.07) is 0. The molecule has 14 heavy (non-hydrogen) atoms. The van der Waals surface area contributed by atoms with Crippen molar-refractivity contribution < 1.29 is 14.7 Å². The van der Waals surface area contributed by atoms with Crippen LogP contribution in [0, 0.1) is 40.9 Å². The van der Waals surface area contributed by atoms with Gasteiger partial charge in [-0.25, -0.2) is 0 Å². The van der Waals surface area contributed by atoms with Gasteiger partial charge < -0.3 is 5.11 Å². The second kappa shape index (κ2) is 1.34. The zero-order valence-electron chi connectivity index (χ0n) is 7.11. The van der Waals surface area contributed by atoms with Crippen LogP contribution in [-0.4, -0.2) is 21.2 Å². The Hall–Kier alpha value is -0.380. The molecule has 6 aliphatic carbocycles. The van der Waals surface area contributed by atoms with Crippen LogP contribution < -0.4 is 0 Å². The molecule has 6 saturated carbocycles. The minimum absolute atomic E-state index is 0.116.